The SMILES string of the molecule is CC1(C)CCC(C)(C)c2cc3c(cc21)N1c2c(cccc2C3(C)C)[B]c2c(-c3ccc(-c4ccccc4)cc3Nc3cccc4c3sc3ccccc34)cc3c(sc4ccccc43)c21. The quantitative estimate of drug-likeness (QED) is 0.177. The maximum Gasteiger partial charge on any atom is 0.197 e. The lowest BCUT2D eigenvalue weighted by atomic mass is 9.55. The van der Waals surface area contributed by atoms with E-state index in [2.05, 4.69) is 211 Å². The van der Waals surface area contributed by atoms with Crippen molar-refractivity contribution < 1.29 is 0 Å². The van der Waals surface area contributed by atoms with Crippen LogP contribution in [0.2, 0.25) is 0 Å². The summed E-state index contributed by atoms with van der Waals surface area (Å²) in [6, 6.07) is 57.2. The Kier molecular flexibility index (Phi) is 8.06. The maximum atomic E-state index is 4.10. The predicted octanol–water partition coefficient (Wildman–Crippen LogP) is 15.9. The standard InChI is InChI=1S/C59H48BN2S2/c1-57(2)28-29-58(3,4)44-33-49-45(32-43(44)57)59(5,6)42-21-15-22-46-53(42)62(49)54-52(60-46)40(31-41-38-19-11-13-25-51(38)64-56(41)54)36-27-26-35(34-16-8-7-9-17-34)30-48(36)61-47-23-14-20-39-37-18-10-12-24-50(37)63-55(39)47/h7-27,30-33,61H,28-29H2,1-6H3. The van der Waals surface area contributed by atoms with E-state index in [-0.39, 0.29) is 16.2 Å². The van der Waals surface area contributed by atoms with Crippen LogP contribution in [0.1, 0.15) is 76.6 Å². The van der Waals surface area contributed by atoms with E-state index in [0.29, 0.717) is 0 Å². The van der Waals surface area contributed by atoms with Crippen molar-refractivity contribution in [3.05, 3.63) is 174 Å². The molecule has 2 aliphatic heterocycles. The molecule has 0 atom stereocenters. The maximum absolute atomic E-state index is 4.10. The first kappa shape index (κ1) is 38.3. The molecule has 1 aliphatic carbocycles. The summed E-state index contributed by atoms with van der Waals surface area (Å²) < 4.78 is 5.23. The van der Waals surface area contributed by atoms with Crippen molar-refractivity contribution in [3.63, 3.8) is 0 Å². The topological polar surface area (TPSA) is 15.3 Å². The normalized spacial score (nSPS) is 16.3. The average molecular weight is 860 g/mol. The fraction of sp³-hybridized carbons (Fsp3) is 0.186. The number of nitrogens with one attached hydrogen (secondary N) is 1. The Morgan fingerprint density at radius 1 is 0.484 bits per heavy atom. The Morgan fingerprint density at radius 3 is 1.91 bits per heavy atom. The smallest absolute Gasteiger partial charge is 0.197 e. The van der Waals surface area contributed by atoms with Crippen LogP contribution >= 0.6 is 22.7 Å². The molecule has 8 aromatic carbocycles. The van der Waals surface area contributed by atoms with E-state index in [1.165, 1.54) is 126 Å². The summed E-state index contributed by atoms with van der Waals surface area (Å²) in [6.45, 7) is 14.8. The molecule has 4 heterocycles. The number of benzene rings is 8. The van der Waals surface area contributed by atoms with E-state index >= 15 is 0 Å². The van der Waals surface area contributed by atoms with E-state index in [9.17, 15) is 0 Å². The van der Waals surface area contributed by atoms with Gasteiger partial charge in [0.1, 0.15) is 0 Å². The van der Waals surface area contributed by atoms with Crippen molar-refractivity contribution in [3.8, 4) is 22.3 Å². The second-order valence-electron chi connectivity index (χ2n) is 20.2. The number of fused-ring (bicyclic) bond motifs is 12. The third kappa shape index (κ3) is 5.44. The van der Waals surface area contributed by atoms with Gasteiger partial charge in [0, 0.05) is 53.3 Å². The van der Waals surface area contributed by atoms with E-state index < -0.39 is 0 Å². The van der Waals surface area contributed by atoms with Gasteiger partial charge in [0.05, 0.1) is 26.5 Å². The van der Waals surface area contributed by atoms with Crippen molar-refractivity contribution in [1.29, 1.82) is 0 Å². The van der Waals surface area contributed by atoms with Gasteiger partial charge in [0.2, 0.25) is 0 Å². The van der Waals surface area contributed by atoms with Crippen LogP contribution in [-0.2, 0) is 16.2 Å². The van der Waals surface area contributed by atoms with Crippen LogP contribution in [0.3, 0.4) is 0 Å². The van der Waals surface area contributed by atoms with Gasteiger partial charge in [-0.2, -0.15) is 0 Å². The minimum Gasteiger partial charge on any atom is -0.354 e. The predicted molar refractivity (Wildman–Crippen MR) is 280 cm³/mol. The molecule has 5 heteroatoms. The number of para-hydroxylation sites is 1. The van der Waals surface area contributed by atoms with Gasteiger partial charge in [0.25, 0.3) is 0 Å². The van der Waals surface area contributed by atoms with Crippen molar-refractivity contribution in [2.75, 3.05) is 10.2 Å². The van der Waals surface area contributed by atoms with Crippen molar-refractivity contribution in [1.82, 2.24) is 0 Å². The molecule has 0 spiro atoms. The molecule has 13 rings (SSSR count). The number of thiophene rings is 2. The van der Waals surface area contributed by atoms with Crippen molar-refractivity contribution >= 4 is 110 Å². The number of rotatable bonds is 4. The Morgan fingerprint density at radius 2 is 1.14 bits per heavy atom. The van der Waals surface area contributed by atoms with Gasteiger partial charge in [0.15, 0.2) is 7.28 Å². The Bertz CT molecular complexity index is 3610. The fourth-order valence-corrected chi connectivity index (χ4v) is 13.9. The van der Waals surface area contributed by atoms with Crippen LogP contribution in [0.5, 0.6) is 0 Å². The van der Waals surface area contributed by atoms with Crippen LogP contribution in [0.15, 0.2) is 152 Å². The van der Waals surface area contributed by atoms with E-state index in [0.717, 1.165) is 11.4 Å². The molecule has 2 aromatic heterocycles. The highest BCUT2D eigenvalue weighted by Crippen LogP contribution is 2.58. The Balaban J connectivity index is 1.12. The molecule has 1 N–H and O–H groups in total. The van der Waals surface area contributed by atoms with Gasteiger partial charge in [-0.1, -0.05) is 162 Å². The molecular weight excluding hydrogens is 812 g/mol. The summed E-state index contributed by atoms with van der Waals surface area (Å²) >= 11 is 3.81. The molecule has 0 unspecified atom stereocenters. The summed E-state index contributed by atoms with van der Waals surface area (Å²) in [6.07, 6.45) is 2.37. The van der Waals surface area contributed by atoms with Crippen LogP contribution in [0, 0.1) is 0 Å². The lowest BCUT2D eigenvalue weighted by Crippen LogP contribution is -2.46. The molecule has 0 saturated heterocycles. The van der Waals surface area contributed by atoms with Gasteiger partial charge >= 0.3 is 0 Å². The lowest BCUT2D eigenvalue weighted by Gasteiger charge is -2.49. The minimum absolute atomic E-state index is 0.0711. The molecule has 309 valence electrons. The average Bonchev–Trinajstić information content (AvgIpc) is 3.88. The highest BCUT2D eigenvalue weighted by atomic mass is 32.1. The van der Waals surface area contributed by atoms with Gasteiger partial charge < -0.3 is 10.2 Å². The zero-order valence-corrected chi connectivity index (χ0v) is 38.8. The number of hydrogen-bond acceptors (Lipinski definition) is 4. The largest absolute Gasteiger partial charge is 0.354 e. The summed E-state index contributed by atoms with van der Waals surface area (Å²) in [4.78, 5) is 2.71. The Labute approximate surface area is 384 Å². The molecule has 2 nitrogen and oxygen atoms in total. The third-order valence-corrected chi connectivity index (χ3v) is 17.6. The van der Waals surface area contributed by atoms with Crippen LogP contribution < -0.4 is 21.1 Å². The summed E-state index contributed by atoms with van der Waals surface area (Å²) in [5.41, 5.74) is 19.3. The van der Waals surface area contributed by atoms with Gasteiger partial charge in [-0.25, -0.2) is 0 Å². The highest BCUT2D eigenvalue weighted by Gasteiger charge is 2.46. The second kappa shape index (κ2) is 13.5. The van der Waals surface area contributed by atoms with Gasteiger partial charge in [-0.05, 0) is 104 Å². The number of nitrogens with zero attached hydrogens (tertiary/aromatic N) is 1. The first-order valence-corrected chi connectivity index (χ1v) is 24.4. The molecule has 0 amide bonds. The molecular formula is C59H48BN2S2. The number of anilines is 5. The summed E-state index contributed by atoms with van der Waals surface area (Å²) in [5.74, 6) is 0. The molecule has 3 aliphatic rings. The van der Waals surface area contributed by atoms with Crippen molar-refractivity contribution in [2.24, 2.45) is 0 Å². The number of hydrogen-bond donors (Lipinski definition) is 1. The molecule has 1 radical (unpaired) electrons. The van der Waals surface area contributed by atoms with Crippen molar-refractivity contribution in [2.45, 2.75) is 70.6 Å². The van der Waals surface area contributed by atoms with E-state index in [1.54, 1.807) is 0 Å². The van der Waals surface area contributed by atoms with E-state index in [1.807, 2.05) is 22.7 Å². The van der Waals surface area contributed by atoms with E-state index in [4.69, 9.17) is 0 Å². The van der Waals surface area contributed by atoms with Crippen LogP contribution in [0.25, 0.3) is 62.6 Å². The molecule has 64 heavy (non-hydrogen) atoms. The Hall–Kier alpha value is -6.14. The molecule has 10 aromatic rings. The zero-order valence-electron chi connectivity index (χ0n) is 37.2. The molecule has 0 bridgehead atoms. The summed E-state index contributed by atoms with van der Waals surface area (Å²) in [5, 5.41) is 9.30. The third-order valence-electron chi connectivity index (χ3n) is 15.1. The second-order valence-corrected chi connectivity index (χ2v) is 22.3. The minimum atomic E-state index is -0.190. The monoisotopic (exact) mass is 859 g/mol. The summed E-state index contributed by atoms with van der Waals surface area (Å²) in [7, 11) is 2.51. The fourth-order valence-electron chi connectivity index (χ4n) is 11.5. The van der Waals surface area contributed by atoms with Gasteiger partial charge in [-0.15, -0.1) is 22.7 Å². The highest BCUT2D eigenvalue weighted by molar-refractivity contribution is 7.27. The first-order valence-electron chi connectivity index (χ1n) is 22.8. The van der Waals surface area contributed by atoms with Crippen LogP contribution in [0.4, 0.5) is 28.4 Å². The molecule has 0 saturated carbocycles. The van der Waals surface area contributed by atoms with Crippen LogP contribution in [-0.4, -0.2) is 7.28 Å². The lowest BCUT2D eigenvalue weighted by molar-refractivity contribution is 0.331. The zero-order chi connectivity index (χ0) is 43.3. The van der Waals surface area contributed by atoms with Gasteiger partial charge in [-0.3, -0.25) is 0 Å². The molecule has 0 fully saturated rings. The first-order chi connectivity index (χ1) is 31.0.